The van der Waals surface area contributed by atoms with Gasteiger partial charge in [0, 0.05) is 17.8 Å². The first-order valence-corrected chi connectivity index (χ1v) is 7.81. The second-order valence-electron chi connectivity index (χ2n) is 5.97. The maximum absolute atomic E-state index is 12.3. The summed E-state index contributed by atoms with van der Waals surface area (Å²) in [5, 5.41) is 9.13. The number of carboxylic acids is 1. The number of hydrogen-bond donors (Lipinski definition) is 1. The zero-order chi connectivity index (χ0) is 15.6. The molecule has 0 bridgehead atoms. The van der Waals surface area contributed by atoms with Crippen LogP contribution in [-0.4, -0.2) is 20.6 Å². The standard InChI is InChI=1S/C16H24N2O3/c1-4-13-12(8-15(19)20)14(5-2)18(16(21)17-13)9-10(3)11-6-7-11/h10-11H,4-9H2,1-3H3,(H,19,20). The van der Waals surface area contributed by atoms with E-state index < -0.39 is 5.97 Å². The molecule has 1 aromatic rings. The molecule has 1 aliphatic rings. The fourth-order valence-electron chi connectivity index (χ4n) is 3.03. The number of rotatable bonds is 7. The van der Waals surface area contributed by atoms with Crippen LogP contribution < -0.4 is 5.69 Å². The topological polar surface area (TPSA) is 72.2 Å². The molecule has 21 heavy (non-hydrogen) atoms. The van der Waals surface area contributed by atoms with Crippen molar-refractivity contribution in [2.45, 2.75) is 59.4 Å². The minimum atomic E-state index is -0.873. The molecule has 0 saturated heterocycles. The summed E-state index contributed by atoms with van der Waals surface area (Å²) in [6, 6.07) is 0. The van der Waals surface area contributed by atoms with Crippen molar-refractivity contribution in [3.8, 4) is 0 Å². The molecular formula is C16H24N2O3. The van der Waals surface area contributed by atoms with E-state index in [1.165, 1.54) is 12.8 Å². The summed E-state index contributed by atoms with van der Waals surface area (Å²) >= 11 is 0. The molecule has 116 valence electrons. The molecule has 1 N–H and O–H groups in total. The van der Waals surface area contributed by atoms with Gasteiger partial charge in [-0.05, 0) is 37.5 Å². The van der Waals surface area contributed by atoms with Crippen molar-refractivity contribution in [2.75, 3.05) is 0 Å². The summed E-state index contributed by atoms with van der Waals surface area (Å²) in [7, 11) is 0. The van der Waals surface area contributed by atoms with Crippen molar-refractivity contribution in [2.24, 2.45) is 11.8 Å². The second kappa shape index (κ2) is 6.41. The third-order valence-electron chi connectivity index (χ3n) is 4.38. The molecule has 1 fully saturated rings. The second-order valence-corrected chi connectivity index (χ2v) is 5.97. The van der Waals surface area contributed by atoms with E-state index in [2.05, 4.69) is 11.9 Å². The van der Waals surface area contributed by atoms with Crippen molar-refractivity contribution in [3.05, 3.63) is 27.4 Å². The zero-order valence-electron chi connectivity index (χ0n) is 13.1. The lowest BCUT2D eigenvalue weighted by Crippen LogP contribution is -2.32. The predicted molar refractivity (Wildman–Crippen MR) is 80.5 cm³/mol. The highest BCUT2D eigenvalue weighted by molar-refractivity contribution is 5.71. The lowest BCUT2D eigenvalue weighted by atomic mass is 10.0. The molecule has 1 aromatic heterocycles. The van der Waals surface area contributed by atoms with Crippen LogP contribution >= 0.6 is 0 Å². The van der Waals surface area contributed by atoms with Gasteiger partial charge in [0.15, 0.2) is 0 Å². The van der Waals surface area contributed by atoms with Gasteiger partial charge in [-0.3, -0.25) is 9.36 Å². The largest absolute Gasteiger partial charge is 0.481 e. The molecular weight excluding hydrogens is 268 g/mol. The Balaban J connectivity index is 2.46. The monoisotopic (exact) mass is 292 g/mol. The van der Waals surface area contributed by atoms with Crippen LogP contribution in [0.2, 0.25) is 0 Å². The molecule has 0 aliphatic heterocycles. The van der Waals surface area contributed by atoms with Gasteiger partial charge in [-0.2, -0.15) is 4.98 Å². The molecule has 1 atom stereocenters. The third kappa shape index (κ3) is 3.52. The van der Waals surface area contributed by atoms with Crippen LogP contribution in [0.1, 0.15) is 50.6 Å². The SMILES string of the molecule is CCc1nc(=O)n(CC(C)C2CC2)c(CC)c1CC(=O)O. The van der Waals surface area contributed by atoms with E-state index in [1.54, 1.807) is 4.57 Å². The van der Waals surface area contributed by atoms with Crippen molar-refractivity contribution in [1.82, 2.24) is 9.55 Å². The summed E-state index contributed by atoms with van der Waals surface area (Å²) in [6.07, 6.45) is 3.66. The predicted octanol–water partition coefficient (Wildman–Crippen LogP) is 2.04. The Kier molecular flexibility index (Phi) is 4.80. The quantitative estimate of drug-likeness (QED) is 0.834. The minimum Gasteiger partial charge on any atom is -0.481 e. The molecule has 1 aliphatic carbocycles. The van der Waals surface area contributed by atoms with E-state index in [1.807, 2.05) is 13.8 Å². The summed E-state index contributed by atoms with van der Waals surface area (Å²) < 4.78 is 1.71. The van der Waals surface area contributed by atoms with Crippen LogP contribution in [0.3, 0.4) is 0 Å². The van der Waals surface area contributed by atoms with Gasteiger partial charge in [0.25, 0.3) is 0 Å². The molecule has 1 unspecified atom stereocenters. The van der Waals surface area contributed by atoms with E-state index >= 15 is 0 Å². The normalized spacial score (nSPS) is 16.0. The minimum absolute atomic E-state index is 0.0581. The van der Waals surface area contributed by atoms with Crippen molar-refractivity contribution < 1.29 is 9.90 Å². The molecule has 0 radical (unpaired) electrons. The number of aromatic nitrogens is 2. The molecule has 0 amide bonds. The van der Waals surface area contributed by atoms with Gasteiger partial charge in [0.05, 0.1) is 12.1 Å². The first-order valence-electron chi connectivity index (χ1n) is 7.81. The van der Waals surface area contributed by atoms with Crippen molar-refractivity contribution >= 4 is 5.97 Å². The Morgan fingerprint density at radius 2 is 2.05 bits per heavy atom. The van der Waals surface area contributed by atoms with Crippen LogP contribution in [0.4, 0.5) is 0 Å². The summed E-state index contributed by atoms with van der Waals surface area (Å²) in [4.78, 5) is 27.6. The van der Waals surface area contributed by atoms with E-state index in [0.29, 0.717) is 36.9 Å². The Labute approximate surface area is 125 Å². The van der Waals surface area contributed by atoms with Crippen LogP contribution in [-0.2, 0) is 30.6 Å². The van der Waals surface area contributed by atoms with E-state index in [9.17, 15) is 9.59 Å². The number of aryl methyl sites for hydroxylation is 1. The summed E-state index contributed by atoms with van der Waals surface area (Å²) in [6.45, 7) is 6.69. The van der Waals surface area contributed by atoms with Crippen LogP contribution in [0, 0.1) is 11.8 Å². The van der Waals surface area contributed by atoms with Gasteiger partial charge in [0.2, 0.25) is 0 Å². The molecule has 5 nitrogen and oxygen atoms in total. The van der Waals surface area contributed by atoms with E-state index in [0.717, 1.165) is 11.3 Å². The third-order valence-corrected chi connectivity index (χ3v) is 4.38. The van der Waals surface area contributed by atoms with Gasteiger partial charge in [0.1, 0.15) is 0 Å². The number of carbonyl (C=O) groups is 1. The van der Waals surface area contributed by atoms with Crippen molar-refractivity contribution in [1.29, 1.82) is 0 Å². The fraction of sp³-hybridized carbons (Fsp3) is 0.688. The van der Waals surface area contributed by atoms with E-state index in [-0.39, 0.29) is 12.1 Å². The first-order chi connectivity index (χ1) is 9.97. The Hall–Kier alpha value is -1.65. The number of hydrogen-bond acceptors (Lipinski definition) is 3. The highest BCUT2D eigenvalue weighted by atomic mass is 16.4. The molecule has 1 heterocycles. The highest BCUT2D eigenvalue weighted by Crippen LogP contribution is 2.37. The lowest BCUT2D eigenvalue weighted by molar-refractivity contribution is -0.136. The number of aliphatic carboxylic acids is 1. The molecule has 5 heteroatoms. The van der Waals surface area contributed by atoms with Gasteiger partial charge in [-0.25, -0.2) is 4.79 Å². The van der Waals surface area contributed by atoms with E-state index in [4.69, 9.17) is 5.11 Å². The average molecular weight is 292 g/mol. The van der Waals surface area contributed by atoms with Gasteiger partial charge in [-0.1, -0.05) is 20.8 Å². The first kappa shape index (κ1) is 15.7. The Morgan fingerprint density at radius 1 is 1.38 bits per heavy atom. The van der Waals surface area contributed by atoms with Crippen LogP contribution in [0.15, 0.2) is 4.79 Å². The molecule has 2 rings (SSSR count). The van der Waals surface area contributed by atoms with Crippen LogP contribution in [0.25, 0.3) is 0 Å². The van der Waals surface area contributed by atoms with Gasteiger partial charge in [-0.15, -0.1) is 0 Å². The van der Waals surface area contributed by atoms with Gasteiger partial charge >= 0.3 is 11.7 Å². The molecule has 1 saturated carbocycles. The maximum Gasteiger partial charge on any atom is 0.348 e. The van der Waals surface area contributed by atoms with Gasteiger partial charge < -0.3 is 5.11 Å². The molecule has 0 aromatic carbocycles. The summed E-state index contributed by atoms with van der Waals surface area (Å²) in [5.41, 5.74) is 1.98. The maximum atomic E-state index is 12.3. The fourth-order valence-corrected chi connectivity index (χ4v) is 3.03. The smallest absolute Gasteiger partial charge is 0.348 e. The number of carboxylic acid groups (broad SMARTS) is 1. The van der Waals surface area contributed by atoms with Crippen molar-refractivity contribution in [3.63, 3.8) is 0 Å². The number of nitrogens with zero attached hydrogens (tertiary/aromatic N) is 2. The average Bonchev–Trinajstić information content (AvgIpc) is 3.26. The van der Waals surface area contributed by atoms with Crippen LogP contribution in [0.5, 0.6) is 0 Å². The highest BCUT2D eigenvalue weighted by Gasteiger charge is 2.29. The summed E-state index contributed by atoms with van der Waals surface area (Å²) in [5.74, 6) is 0.275. The Bertz CT molecular complexity index is 588. The molecule has 0 spiro atoms. The lowest BCUT2D eigenvalue weighted by Gasteiger charge is -2.20. The zero-order valence-corrected chi connectivity index (χ0v) is 13.1. The Morgan fingerprint density at radius 3 is 2.52 bits per heavy atom.